The summed E-state index contributed by atoms with van der Waals surface area (Å²) in [7, 11) is 3.18. The first-order chi connectivity index (χ1) is 17.9. The van der Waals surface area contributed by atoms with Crippen molar-refractivity contribution < 1.29 is 24.5 Å². The van der Waals surface area contributed by atoms with Crippen LogP contribution in [-0.2, 0) is 0 Å². The van der Waals surface area contributed by atoms with Crippen molar-refractivity contribution >= 4 is 28.7 Å². The first kappa shape index (κ1) is 24.8. The molecule has 0 spiro atoms. The summed E-state index contributed by atoms with van der Waals surface area (Å²) >= 11 is 0. The Labute approximate surface area is 215 Å². The second-order valence-corrected chi connectivity index (χ2v) is 9.31. The maximum atomic E-state index is 13.0. The minimum atomic E-state index is -0.905. The molecule has 4 N–H and O–H groups in total. The summed E-state index contributed by atoms with van der Waals surface area (Å²) in [6, 6.07) is 11.4. The number of amides is 2. The predicted molar refractivity (Wildman–Crippen MR) is 140 cm³/mol. The molecule has 5 rings (SSSR count). The Morgan fingerprint density at radius 1 is 0.973 bits per heavy atom. The molecule has 2 fully saturated rings. The fraction of sp³-hybridized carbons (Fsp3) is 0.423. The van der Waals surface area contributed by atoms with Crippen LogP contribution >= 0.6 is 0 Å². The number of nitrogens with two attached hydrogens (primary N) is 1. The van der Waals surface area contributed by atoms with Crippen LogP contribution < -0.4 is 20.1 Å². The van der Waals surface area contributed by atoms with Gasteiger partial charge in [-0.15, -0.1) is 0 Å². The molecule has 0 aliphatic carbocycles. The molecule has 1 aromatic heterocycles. The molecule has 3 aromatic rings. The van der Waals surface area contributed by atoms with Crippen LogP contribution in [0.25, 0.3) is 22.0 Å². The van der Waals surface area contributed by atoms with E-state index in [4.69, 9.17) is 20.2 Å². The molecule has 0 saturated carbocycles. The summed E-state index contributed by atoms with van der Waals surface area (Å²) in [5, 5.41) is 20.3. The number of hydrogen-bond acceptors (Lipinski definition) is 9. The van der Waals surface area contributed by atoms with Crippen LogP contribution in [0.4, 0.5) is 16.6 Å². The number of rotatable bonds is 4. The van der Waals surface area contributed by atoms with Crippen LogP contribution in [0.15, 0.2) is 36.4 Å². The molecule has 2 unspecified atom stereocenters. The van der Waals surface area contributed by atoms with Gasteiger partial charge in [0.25, 0.3) is 0 Å². The lowest BCUT2D eigenvalue weighted by molar-refractivity contribution is 0.0572. The van der Waals surface area contributed by atoms with Crippen molar-refractivity contribution in [1.29, 1.82) is 0 Å². The molecule has 37 heavy (non-hydrogen) atoms. The van der Waals surface area contributed by atoms with E-state index in [2.05, 4.69) is 4.98 Å². The maximum Gasteiger partial charge on any atom is 0.320 e. The van der Waals surface area contributed by atoms with Crippen LogP contribution in [0.3, 0.4) is 0 Å². The Hall–Kier alpha value is -3.83. The average molecular weight is 509 g/mol. The Balaban J connectivity index is 1.46. The fourth-order valence-electron chi connectivity index (χ4n) is 5.08. The Bertz CT molecular complexity index is 1280. The number of fused-ring (bicyclic) bond motifs is 1. The number of aromatic nitrogens is 2. The summed E-state index contributed by atoms with van der Waals surface area (Å²) in [4.78, 5) is 27.7. The number of ether oxygens (including phenoxy) is 2. The van der Waals surface area contributed by atoms with Gasteiger partial charge in [-0.3, -0.25) is 0 Å². The number of benzene rings is 2. The molecule has 2 saturated heterocycles. The number of anilines is 2. The summed E-state index contributed by atoms with van der Waals surface area (Å²) < 4.78 is 11.4. The Morgan fingerprint density at radius 3 is 2.38 bits per heavy atom. The van der Waals surface area contributed by atoms with Gasteiger partial charge in [0.1, 0.15) is 5.82 Å². The second-order valence-electron chi connectivity index (χ2n) is 9.31. The van der Waals surface area contributed by atoms with E-state index in [1.165, 1.54) is 4.90 Å². The topological polar surface area (TPSA) is 138 Å². The third-order valence-corrected chi connectivity index (χ3v) is 6.99. The molecule has 0 bridgehead atoms. The van der Waals surface area contributed by atoms with E-state index >= 15 is 0 Å². The lowest BCUT2D eigenvalue weighted by Crippen LogP contribution is -2.44. The lowest BCUT2D eigenvalue weighted by atomic mass is 9.99. The molecule has 2 aliphatic heterocycles. The molecule has 2 amide bonds. The van der Waals surface area contributed by atoms with Crippen molar-refractivity contribution in [3.8, 4) is 22.6 Å². The Kier molecular flexibility index (Phi) is 6.90. The smallest absolute Gasteiger partial charge is 0.320 e. The Morgan fingerprint density at radius 2 is 1.70 bits per heavy atom. The molecule has 2 atom stereocenters. The highest BCUT2D eigenvalue weighted by atomic mass is 16.5. The highest BCUT2D eigenvalue weighted by Crippen LogP contribution is 2.45. The molecule has 3 heterocycles. The van der Waals surface area contributed by atoms with Gasteiger partial charge in [-0.25, -0.2) is 9.78 Å². The summed E-state index contributed by atoms with van der Waals surface area (Å²) in [6.07, 6.45) is -1.09. The summed E-state index contributed by atoms with van der Waals surface area (Å²) in [5.41, 5.74) is 8.86. The average Bonchev–Trinajstić information content (AvgIpc) is 3.09. The van der Waals surface area contributed by atoms with Gasteiger partial charge in [0.15, 0.2) is 11.5 Å². The molecule has 0 radical (unpaired) electrons. The zero-order valence-electron chi connectivity index (χ0n) is 21.0. The van der Waals surface area contributed by atoms with E-state index in [1.807, 2.05) is 35.2 Å². The van der Waals surface area contributed by atoms with Crippen molar-refractivity contribution in [3.05, 3.63) is 36.4 Å². The number of urea groups is 1. The standard InChI is InChI=1S/C26H32N6O5/c1-36-20-13-17-22(21(23(20)37-2)16-7-4-3-5-8-16)24(27)29-25(28-17)30-9-6-10-31(12-11-30)26(35)32-14-18(33)19(34)15-32/h3-5,7-8,13,18-19,33-34H,6,9-12,14-15H2,1-2H3,(H2,27,28,29). The van der Waals surface area contributed by atoms with Crippen molar-refractivity contribution in [2.75, 3.05) is 64.1 Å². The number of β-amino-alcohol motifs (C(OH)–C–C–N with tert-alkyl or cyclic N) is 2. The van der Waals surface area contributed by atoms with Gasteiger partial charge in [-0.05, 0) is 12.0 Å². The minimum Gasteiger partial charge on any atom is -0.493 e. The van der Waals surface area contributed by atoms with Crippen LogP contribution in [-0.4, -0.2) is 102 Å². The number of methoxy groups -OCH3 is 2. The zero-order chi connectivity index (χ0) is 26.1. The molecule has 196 valence electrons. The van der Waals surface area contributed by atoms with Crippen LogP contribution in [0.1, 0.15) is 6.42 Å². The highest BCUT2D eigenvalue weighted by Gasteiger charge is 2.35. The maximum absolute atomic E-state index is 13.0. The molecular weight excluding hydrogens is 476 g/mol. The van der Waals surface area contributed by atoms with Crippen LogP contribution in [0.5, 0.6) is 11.5 Å². The van der Waals surface area contributed by atoms with Crippen LogP contribution in [0, 0.1) is 0 Å². The first-order valence-corrected chi connectivity index (χ1v) is 12.3. The van der Waals surface area contributed by atoms with E-state index in [0.29, 0.717) is 66.8 Å². The van der Waals surface area contributed by atoms with Gasteiger partial charge < -0.3 is 40.1 Å². The second kappa shape index (κ2) is 10.3. The lowest BCUT2D eigenvalue weighted by Gasteiger charge is -2.27. The van der Waals surface area contributed by atoms with Gasteiger partial charge in [0, 0.05) is 37.8 Å². The van der Waals surface area contributed by atoms with Crippen molar-refractivity contribution in [2.24, 2.45) is 0 Å². The molecule has 2 aromatic carbocycles. The van der Waals surface area contributed by atoms with Crippen LogP contribution in [0.2, 0.25) is 0 Å². The summed E-state index contributed by atoms with van der Waals surface area (Å²) in [6.45, 7) is 2.47. The number of likely N-dealkylation sites (tertiary alicyclic amines) is 1. The van der Waals surface area contributed by atoms with E-state index in [-0.39, 0.29) is 19.1 Å². The van der Waals surface area contributed by atoms with Gasteiger partial charge in [0.05, 0.1) is 50.4 Å². The van der Waals surface area contributed by atoms with Gasteiger partial charge >= 0.3 is 6.03 Å². The van der Waals surface area contributed by atoms with Crippen molar-refractivity contribution in [3.63, 3.8) is 0 Å². The van der Waals surface area contributed by atoms with Gasteiger partial charge in [-0.2, -0.15) is 4.98 Å². The predicted octanol–water partition coefficient (Wildman–Crippen LogP) is 1.57. The molecule has 2 aliphatic rings. The van der Waals surface area contributed by atoms with Gasteiger partial charge in [0.2, 0.25) is 5.95 Å². The highest BCUT2D eigenvalue weighted by molar-refractivity contribution is 6.05. The number of carbonyl (C=O) groups excluding carboxylic acids is 1. The zero-order valence-corrected chi connectivity index (χ0v) is 21.0. The number of aliphatic hydroxyl groups is 2. The van der Waals surface area contributed by atoms with E-state index in [1.54, 1.807) is 25.2 Å². The quantitative estimate of drug-likeness (QED) is 0.479. The first-order valence-electron chi connectivity index (χ1n) is 12.3. The molecular formula is C26H32N6O5. The summed E-state index contributed by atoms with van der Waals surface area (Å²) in [5.74, 6) is 1.92. The monoisotopic (exact) mass is 508 g/mol. The fourth-order valence-corrected chi connectivity index (χ4v) is 5.08. The number of hydrogen-bond donors (Lipinski definition) is 3. The van der Waals surface area contributed by atoms with Crippen molar-refractivity contribution in [2.45, 2.75) is 18.6 Å². The normalized spacial score (nSPS) is 20.3. The van der Waals surface area contributed by atoms with E-state index in [9.17, 15) is 15.0 Å². The number of nitrogens with zero attached hydrogens (tertiary/aromatic N) is 5. The molecule has 11 heteroatoms. The number of carbonyl (C=O) groups is 1. The number of aliphatic hydroxyl groups excluding tert-OH is 2. The largest absolute Gasteiger partial charge is 0.493 e. The van der Waals surface area contributed by atoms with E-state index in [0.717, 1.165) is 11.1 Å². The van der Waals surface area contributed by atoms with Crippen molar-refractivity contribution in [1.82, 2.24) is 19.8 Å². The SMILES string of the molecule is COc1cc2nc(N3CCCN(C(=O)N4CC(O)C(O)C4)CC3)nc(N)c2c(-c2ccccc2)c1OC. The third-order valence-electron chi connectivity index (χ3n) is 6.99. The van der Waals surface area contributed by atoms with Gasteiger partial charge in [-0.1, -0.05) is 30.3 Å². The third kappa shape index (κ3) is 4.67. The van der Waals surface area contributed by atoms with E-state index < -0.39 is 12.2 Å². The molecule has 11 nitrogen and oxygen atoms in total. The minimum absolute atomic E-state index is 0.138. The number of nitrogen functional groups attached to an aromatic ring is 1.